The normalized spacial score (nSPS) is 18.6. The number of nitrogens with zero attached hydrogens (tertiary/aromatic N) is 1. The Hall–Kier alpha value is -1.24. The summed E-state index contributed by atoms with van der Waals surface area (Å²) in [4.78, 5) is 11.7. The molecule has 4 nitrogen and oxygen atoms in total. The molecule has 0 bridgehead atoms. The molecule has 80 valence electrons. The molecule has 3 N–H and O–H groups in total. The predicted octanol–water partition coefficient (Wildman–Crippen LogP) is -0.219. The first-order valence-electron chi connectivity index (χ1n) is 3.91. The van der Waals surface area contributed by atoms with Crippen molar-refractivity contribution < 1.29 is 18.0 Å². The molecule has 0 radical (unpaired) electrons. The monoisotopic (exact) mass is 209 g/mol. The summed E-state index contributed by atoms with van der Waals surface area (Å²) in [7, 11) is 0. The van der Waals surface area contributed by atoms with Crippen molar-refractivity contribution in [2.24, 2.45) is 5.73 Å². The minimum absolute atomic E-state index is 0.0196. The molecule has 0 spiro atoms. The smallest absolute Gasteiger partial charge is 0.368 e. The number of hydrogen-bond donors (Lipinski definition) is 2. The maximum absolute atomic E-state index is 11.9. The van der Waals surface area contributed by atoms with Gasteiger partial charge in [-0.15, -0.1) is 0 Å². The highest BCUT2D eigenvalue weighted by Gasteiger charge is 2.31. The maximum Gasteiger partial charge on any atom is 0.401 e. The van der Waals surface area contributed by atoms with E-state index in [1.54, 1.807) is 0 Å². The molecule has 14 heavy (non-hydrogen) atoms. The molecule has 1 aliphatic rings. The van der Waals surface area contributed by atoms with Gasteiger partial charge in [-0.05, 0) is 6.08 Å². The van der Waals surface area contributed by atoms with E-state index in [4.69, 9.17) is 5.73 Å². The van der Waals surface area contributed by atoms with Crippen LogP contribution in [0.15, 0.2) is 11.8 Å². The average Bonchev–Trinajstić information content (AvgIpc) is 2.02. The molecule has 0 aromatic carbocycles. The standard InChI is InChI=1S/C7H10F3N3O/c8-7(9,10)3-13-2-1-5(6(11)14)12-4-13/h1,12H,2-4H2,(H2,11,14). The van der Waals surface area contributed by atoms with Gasteiger partial charge in [-0.1, -0.05) is 0 Å². The van der Waals surface area contributed by atoms with Crippen LogP contribution in [0, 0.1) is 0 Å². The zero-order valence-electron chi connectivity index (χ0n) is 7.27. The Morgan fingerprint density at radius 1 is 1.64 bits per heavy atom. The molecule has 0 aromatic rings. The molecule has 0 atom stereocenters. The van der Waals surface area contributed by atoms with E-state index in [-0.39, 0.29) is 18.9 Å². The Bertz CT molecular complexity index is 261. The lowest BCUT2D eigenvalue weighted by Gasteiger charge is -2.27. The molecule has 0 saturated carbocycles. The molecule has 1 amide bonds. The summed E-state index contributed by atoms with van der Waals surface area (Å²) in [6.45, 7) is -0.943. The summed E-state index contributed by atoms with van der Waals surface area (Å²) in [6, 6.07) is 0. The second-order valence-electron chi connectivity index (χ2n) is 2.94. The van der Waals surface area contributed by atoms with Gasteiger partial charge < -0.3 is 11.1 Å². The first kappa shape index (κ1) is 10.8. The Morgan fingerprint density at radius 2 is 2.29 bits per heavy atom. The maximum atomic E-state index is 11.9. The van der Waals surface area contributed by atoms with Crippen LogP contribution in [-0.2, 0) is 4.79 Å². The van der Waals surface area contributed by atoms with Gasteiger partial charge in [0, 0.05) is 6.54 Å². The summed E-state index contributed by atoms with van der Waals surface area (Å²) in [5, 5.41) is 2.50. The van der Waals surface area contributed by atoms with E-state index in [0.717, 1.165) is 4.90 Å². The largest absolute Gasteiger partial charge is 0.401 e. The number of hydrogen-bond acceptors (Lipinski definition) is 3. The lowest BCUT2D eigenvalue weighted by Crippen LogP contribution is -2.45. The van der Waals surface area contributed by atoms with Gasteiger partial charge in [-0.25, -0.2) is 0 Å². The van der Waals surface area contributed by atoms with Gasteiger partial charge >= 0.3 is 6.18 Å². The van der Waals surface area contributed by atoms with Crippen molar-refractivity contribution in [1.82, 2.24) is 10.2 Å². The van der Waals surface area contributed by atoms with Crippen molar-refractivity contribution in [1.29, 1.82) is 0 Å². The van der Waals surface area contributed by atoms with Gasteiger partial charge in [0.25, 0.3) is 5.91 Å². The molecule has 1 rings (SSSR count). The van der Waals surface area contributed by atoms with Crippen LogP contribution in [0.25, 0.3) is 0 Å². The summed E-state index contributed by atoms with van der Waals surface area (Å²) in [6.07, 6.45) is -2.88. The number of carbonyl (C=O) groups is 1. The quantitative estimate of drug-likeness (QED) is 0.661. The number of primary amides is 1. The third-order valence-electron chi connectivity index (χ3n) is 1.72. The third-order valence-corrected chi connectivity index (χ3v) is 1.72. The van der Waals surface area contributed by atoms with Crippen molar-refractivity contribution in [2.45, 2.75) is 6.18 Å². The van der Waals surface area contributed by atoms with Crippen LogP contribution in [0.4, 0.5) is 13.2 Å². The zero-order valence-corrected chi connectivity index (χ0v) is 7.27. The third kappa shape index (κ3) is 3.25. The SMILES string of the molecule is NC(=O)C1=CCN(CC(F)(F)F)CN1. The highest BCUT2D eigenvalue weighted by atomic mass is 19.4. The topological polar surface area (TPSA) is 58.4 Å². The van der Waals surface area contributed by atoms with Gasteiger partial charge in [0.05, 0.1) is 18.9 Å². The second-order valence-corrected chi connectivity index (χ2v) is 2.94. The molecular weight excluding hydrogens is 199 g/mol. The minimum Gasteiger partial charge on any atom is -0.368 e. The highest BCUT2D eigenvalue weighted by Crippen LogP contribution is 2.16. The van der Waals surface area contributed by atoms with E-state index < -0.39 is 18.6 Å². The van der Waals surface area contributed by atoms with Crippen molar-refractivity contribution in [2.75, 3.05) is 19.8 Å². The summed E-state index contributed by atoms with van der Waals surface area (Å²) in [5.41, 5.74) is 5.10. The van der Waals surface area contributed by atoms with Gasteiger partial charge in [-0.2, -0.15) is 13.2 Å². The van der Waals surface area contributed by atoms with E-state index in [0.29, 0.717) is 0 Å². The fraction of sp³-hybridized carbons (Fsp3) is 0.571. The first-order valence-corrected chi connectivity index (χ1v) is 3.91. The molecular formula is C7H10F3N3O. The van der Waals surface area contributed by atoms with Crippen molar-refractivity contribution in [3.05, 3.63) is 11.8 Å². The molecule has 0 aromatic heterocycles. The molecule has 0 fully saturated rings. The second kappa shape index (κ2) is 3.87. The van der Waals surface area contributed by atoms with Crippen LogP contribution >= 0.6 is 0 Å². The molecule has 1 aliphatic heterocycles. The van der Waals surface area contributed by atoms with Gasteiger partial charge in [0.1, 0.15) is 0 Å². The molecule has 0 aliphatic carbocycles. The minimum atomic E-state index is -4.22. The van der Waals surface area contributed by atoms with Crippen molar-refractivity contribution in [3.63, 3.8) is 0 Å². The van der Waals surface area contributed by atoms with Crippen molar-refractivity contribution >= 4 is 5.91 Å². The lowest BCUT2D eigenvalue weighted by molar-refractivity contribution is -0.145. The van der Waals surface area contributed by atoms with E-state index in [2.05, 4.69) is 5.32 Å². The Balaban J connectivity index is 2.47. The molecule has 7 heteroatoms. The lowest BCUT2D eigenvalue weighted by atomic mass is 10.3. The highest BCUT2D eigenvalue weighted by molar-refractivity contribution is 5.91. The number of amides is 1. The number of rotatable bonds is 2. The first-order chi connectivity index (χ1) is 6.38. The number of nitrogens with two attached hydrogens (primary N) is 1. The van der Waals surface area contributed by atoms with E-state index in [1.807, 2.05) is 0 Å². The van der Waals surface area contributed by atoms with Crippen LogP contribution in [0.3, 0.4) is 0 Å². The van der Waals surface area contributed by atoms with E-state index >= 15 is 0 Å². The van der Waals surface area contributed by atoms with Crippen LogP contribution < -0.4 is 11.1 Å². The number of carbonyl (C=O) groups excluding carboxylic acids is 1. The van der Waals surface area contributed by atoms with Crippen LogP contribution in [0.5, 0.6) is 0 Å². The Kier molecular flexibility index (Phi) is 3.00. The summed E-state index contributed by atoms with van der Waals surface area (Å²) >= 11 is 0. The Labute approximate surface area is 78.5 Å². The van der Waals surface area contributed by atoms with Gasteiger partial charge in [-0.3, -0.25) is 9.69 Å². The molecule has 0 unspecified atom stereocenters. The predicted molar refractivity (Wildman–Crippen MR) is 42.9 cm³/mol. The van der Waals surface area contributed by atoms with Crippen molar-refractivity contribution in [3.8, 4) is 0 Å². The van der Waals surface area contributed by atoms with Crippen LogP contribution in [0.2, 0.25) is 0 Å². The summed E-state index contributed by atoms with van der Waals surface area (Å²) < 4.78 is 35.7. The number of nitrogens with one attached hydrogen (secondary N) is 1. The molecule has 1 heterocycles. The fourth-order valence-electron chi connectivity index (χ4n) is 1.12. The number of alkyl halides is 3. The van der Waals surface area contributed by atoms with Crippen LogP contribution in [-0.4, -0.2) is 36.7 Å². The fourth-order valence-corrected chi connectivity index (χ4v) is 1.12. The zero-order chi connectivity index (χ0) is 10.8. The number of halogens is 3. The summed E-state index contributed by atoms with van der Waals surface area (Å²) in [5.74, 6) is -0.656. The Morgan fingerprint density at radius 3 is 2.64 bits per heavy atom. The van der Waals surface area contributed by atoms with Crippen LogP contribution in [0.1, 0.15) is 0 Å². The van der Waals surface area contributed by atoms with E-state index in [9.17, 15) is 18.0 Å². The molecule has 0 saturated heterocycles. The average molecular weight is 209 g/mol. The van der Waals surface area contributed by atoms with Gasteiger partial charge in [0.2, 0.25) is 0 Å². The van der Waals surface area contributed by atoms with Gasteiger partial charge in [0.15, 0.2) is 0 Å². The van der Waals surface area contributed by atoms with E-state index in [1.165, 1.54) is 6.08 Å².